The quantitative estimate of drug-likeness (QED) is 0.688. The van der Waals surface area contributed by atoms with Gasteiger partial charge in [-0.25, -0.2) is 0 Å². The van der Waals surface area contributed by atoms with Crippen molar-refractivity contribution in [2.75, 3.05) is 19.6 Å². The number of piperidine rings is 1. The van der Waals surface area contributed by atoms with Crippen molar-refractivity contribution in [1.29, 1.82) is 0 Å². The van der Waals surface area contributed by atoms with Crippen molar-refractivity contribution in [2.24, 2.45) is 5.41 Å². The molecule has 1 saturated carbocycles. The topological polar surface area (TPSA) is 3.24 Å². The molecular weight excluding hydrogens is 226 g/mol. The average molecular weight is 246 g/mol. The summed E-state index contributed by atoms with van der Waals surface area (Å²) in [6.45, 7) is -0.0528. The molecule has 5 heteroatoms. The van der Waals surface area contributed by atoms with Crippen LogP contribution < -0.4 is 0 Å². The molecule has 1 aliphatic heterocycles. The van der Waals surface area contributed by atoms with Gasteiger partial charge in [-0.05, 0) is 50.7 Å². The molecule has 1 aliphatic carbocycles. The van der Waals surface area contributed by atoms with Gasteiger partial charge in [0.1, 0.15) is 0 Å². The van der Waals surface area contributed by atoms with Crippen molar-refractivity contribution in [1.82, 2.24) is 4.90 Å². The Morgan fingerprint density at radius 3 is 2.06 bits per heavy atom. The van der Waals surface area contributed by atoms with E-state index in [0.717, 1.165) is 25.9 Å². The highest BCUT2D eigenvalue weighted by Gasteiger charge is 2.37. The molecule has 98 valence electrons. The largest absolute Gasteiger partial charge is 0.506 e. The van der Waals surface area contributed by atoms with Gasteiger partial charge >= 0.3 is 6.98 Å². The molecule has 0 unspecified atom stereocenters. The number of nitrogens with zero attached hydrogens (tertiary/aromatic N) is 1. The number of hydrogen-bond acceptors (Lipinski definition) is 1. The standard InChI is InChI=1S/C12H20BF3N/c1-11(13(14,15)16)10-17-8-6-12(7-9-17)4-2-3-5-12/h1-10H2/q-1. The molecule has 0 aromatic heterocycles. The number of hydrogen-bond donors (Lipinski definition) is 0. The Kier molecular flexibility index (Phi) is 3.57. The number of halogens is 3. The Bertz CT molecular complexity index is 285. The molecule has 1 spiro atoms. The van der Waals surface area contributed by atoms with E-state index in [2.05, 4.69) is 6.58 Å². The summed E-state index contributed by atoms with van der Waals surface area (Å²) in [5, 5.41) is 0. The van der Waals surface area contributed by atoms with E-state index in [1.807, 2.05) is 4.90 Å². The van der Waals surface area contributed by atoms with Crippen LogP contribution in [0.25, 0.3) is 0 Å². The Morgan fingerprint density at radius 1 is 1.06 bits per heavy atom. The van der Waals surface area contributed by atoms with Crippen molar-refractivity contribution in [2.45, 2.75) is 38.5 Å². The van der Waals surface area contributed by atoms with Gasteiger partial charge in [-0.1, -0.05) is 12.8 Å². The molecule has 1 heterocycles. The van der Waals surface area contributed by atoms with Gasteiger partial charge in [0, 0.05) is 0 Å². The molecule has 0 amide bonds. The molecular formula is C12H20BF3N-. The van der Waals surface area contributed by atoms with Crippen LogP contribution >= 0.6 is 0 Å². The highest BCUT2D eigenvalue weighted by atomic mass is 19.4. The minimum atomic E-state index is -4.86. The first-order chi connectivity index (χ1) is 7.91. The summed E-state index contributed by atoms with van der Waals surface area (Å²) in [6.07, 6.45) is 7.32. The first-order valence-corrected chi connectivity index (χ1v) is 6.51. The molecule has 1 nitrogen and oxygen atoms in total. The molecule has 0 radical (unpaired) electrons. The number of likely N-dealkylation sites (tertiary alicyclic amines) is 1. The third kappa shape index (κ3) is 3.06. The van der Waals surface area contributed by atoms with Crippen LogP contribution in [0.4, 0.5) is 12.9 Å². The van der Waals surface area contributed by atoms with Crippen molar-refractivity contribution in [3.8, 4) is 0 Å². The maximum absolute atomic E-state index is 12.4. The first-order valence-electron chi connectivity index (χ1n) is 6.51. The minimum Gasteiger partial charge on any atom is -0.445 e. The second kappa shape index (κ2) is 4.67. The van der Waals surface area contributed by atoms with Crippen molar-refractivity contribution in [3.05, 3.63) is 12.1 Å². The van der Waals surface area contributed by atoms with Gasteiger partial charge in [0.15, 0.2) is 0 Å². The molecule has 1 saturated heterocycles. The molecule has 0 aromatic carbocycles. The van der Waals surface area contributed by atoms with E-state index in [1.165, 1.54) is 25.7 Å². The van der Waals surface area contributed by atoms with E-state index < -0.39 is 12.4 Å². The fourth-order valence-electron chi connectivity index (χ4n) is 3.20. The fourth-order valence-corrected chi connectivity index (χ4v) is 3.20. The molecule has 2 aliphatic rings. The monoisotopic (exact) mass is 246 g/mol. The lowest BCUT2D eigenvalue weighted by Gasteiger charge is -2.40. The molecule has 0 bridgehead atoms. The minimum absolute atomic E-state index is 0.0135. The summed E-state index contributed by atoms with van der Waals surface area (Å²) < 4.78 is 37.3. The fraction of sp³-hybridized carbons (Fsp3) is 0.833. The molecule has 0 atom stereocenters. The zero-order valence-corrected chi connectivity index (χ0v) is 10.2. The first kappa shape index (κ1) is 13.0. The van der Waals surface area contributed by atoms with Crippen LogP contribution in [-0.2, 0) is 0 Å². The smallest absolute Gasteiger partial charge is 0.445 e. The van der Waals surface area contributed by atoms with E-state index in [1.54, 1.807) is 0 Å². The van der Waals surface area contributed by atoms with Crippen LogP contribution in [0.15, 0.2) is 12.1 Å². The van der Waals surface area contributed by atoms with Gasteiger partial charge in [-0.2, -0.15) is 0 Å². The van der Waals surface area contributed by atoms with Crippen molar-refractivity contribution in [3.63, 3.8) is 0 Å². The van der Waals surface area contributed by atoms with Crippen LogP contribution in [-0.4, -0.2) is 31.5 Å². The van der Waals surface area contributed by atoms with Crippen molar-refractivity contribution >= 4 is 6.98 Å². The van der Waals surface area contributed by atoms with Gasteiger partial charge in [-0.3, -0.25) is 0 Å². The molecule has 17 heavy (non-hydrogen) atoms. The maximum atomic E-state index is 12.4. The van der Waals surface area contributed by atoms with Gasteiger partial charge in [-0.15, -0.1) is 12.1 Å². The van der Waals surface area contributed by atoms with Gasteiger partial charge in [0.05, 0.1) is 0 Å². The molecule has 0 aromatic rings. The van der Waals surface area contributed by atoms with Gasteiger partial charge in [0.2, 0.25) is 0 Å². The lowest BCUT2D eigenvalue weighted by molar-refractivity contribution is 0.116. The summed E-state index contributed by atoms with van der Waals surface area (Å²) in [5.41, 5.74) is -0.0753. The van der Waals surface area contributed by atoms with Crippen LogP contribution in [0.2, 0.25) is 0 Å². The predicted molar refractivity (Wildman–Crippen MR) is 64.8 cm³/mol. The summed E-state index contributed by atoms with van der Waals surface area (Å²) in [6, 6.07) is 0. The lowest BCUT2D eigenvalue weighted by Crippen LogP contribution is -2.41. The lowest BCUT2D eigenvalue weighted by atomic mass is 9.76. The summed E-state index contributed by atoms with van der Waals surface area (Å²) in [5.74, 6) is 0. The van der Waals surface area contributed by atoms with Crippen LogP contribution in [0.1, 0.15) is 38.5 Å². The Morgan fingerprint density at radius 2 is 1.59 bits per heavy atom. The normalized spacial score (nSPS) is 25.4. The zero-order valence-electron chi connectivity index (χ0n) is 10.2. The Balaban J connectivity index is 1.81. The molecule has 2 fully saturated rings. The summed E-state index contributed by atoms with van der Waals surface area (Å²) >= 11 is 0. The molecule has 2 rings (SSSR count). The van der Waals surface area contributed by atoms with E-state index in [-0.39, 0.29) is 6.54 Å². The van der Waals surface area contributed by atoms with E-state index in [9.17, 15) is 12.9 Å². The zero-order chi connectivity index (χ0) is 12.5. The van der Waals surface area contributed by atoms with Crippen LogP contribution in [0.5, 0.6) is 0 Å². The van der Waals surface area contributed by atoms with Crippen LogP contribution in [0, 0.1) is 5.41 Å². The second-order valence-corrected chi connectivity index (χ2v) is 5.72. The predicted octanol–water partition coefficient (Wildman–Crippen LogP) is 3.59. The highest BCUT2D eigenvalue weighted by molar-refractivity contribution is 6.66. The van der Waals surface area contributed by atoms with E-state index >= 15 is 0 Å². The average Bonchev–Trinajstić information content (AvgIpc) is 2.69. The Labute approximate surface area is 101 Å². The third-order valence-corrected chi connectivity index (χ3v) is 4.47. The molecule has 0 N–H and O–H groups in total. The van der Waals surface area contributed by atoms with Gasteiger partial charge in [0.25, 0.3) is 0 Å². The second-order valence-electron chi connectivity index (χ2n) is 5.72. The summed E-state index contributed by atoms with van der Waals surface area (Å²) in [4.78, 5) is 1.92. The Hall–Kier alpha value is -0.445. The summed E-state index contributed by atoms with van der Waals surface area (Å²) in [7, 11) is 0. The SMILES string of the molecule is C=C(CN1CCC2(CCCC2)CC1)[B-](F)(F)F. The van der Waals surface area contributed by atoms with E-state index in [0.29, 0.717) is 5.41 Å². The number of rotatable bonds is 3. The van der Waals surface area contributed by atoms with Gasteiger partial charge < -0.3 is 17.8 Å². The maximum Gasteiger partial charge on any atom is 0.506 e. The van der Waals surface area contributed by atoms with Crippen molar-refractivity contribution < 1.29 is 12.9 Å². The third-order valence-electron chi connectivity index (χ3n) is 4.47. The highest BCUT2D eigenvalue weighted by Crippen LogP contribution is 2.46. The van der Waals surface area contributed by atoms with Crippen LogP contribution in [0.3, 0.4) is 0 Å². The van der Waals surface area contributed by atoms with E-state index in [4.69, 9.17) is 0 Å².